The van der Waals surface area contributed by atoms with Gasteiger partial charge in [-0.05, 0) is 93.3 Å². The molecule has 10 aromatic rings. The highest BCUT2D eigenvalue weighted by Gasteiger charge is 2.27. The van der Waals surface area contributed by atoms with Crippen LogP contribution in [-0.4, -0.2) is 0 Å². The quantitative estimate of drug-likeness (QED) is 0.0577. The molecule has 0 bridgehead atoms. The molecule has 10 aromatic carbocycles. The number of hydrogen-bond donors (Lipinski definition) is 6. The molecule has 0 aliphatic heterocycles. The Morgan fingerprint density at radius 3 is 0.828 bits per heavy atom. The summed E-state index contributed by atoms with van der Waals surface area (Å²) in [5, 5.41) is 28.4. The molecule has 0 atom stereocenters. The predicted molar refractivity (Wildman–Crippen MR) is 279 cm³/mol. The number of rotatable bonds is 15. The van der Waals surface area contributed by atoms with Crippen molar-refractivity contribution < 1.29 is 0 Å². The van der Waals surface area contributed by atoms with Crippen molar-refractivity contribution in [2.75, 3.05) is 30.5 Å². The van der Waals surface area contributed by atoms with Gasteiger partial charge in [-0.25, -0.2) is 0 Å². The third kappa shape index (κ3) is 9.12. The largest absolute Gasteiger partial charge is 0.331 e. The van der Waals surface area contributed by atoms with E-state index in [1.165, 1.54) is 0 Å². The predicted octanol–water partition coefficient (Wildman–Crippen LogP) is 16.7. The lowest BCUT2D eigenvalue weighted by Gasteiger charge is -2.30. The Hall–Kier alpha value is -7.62. The van der Waals surface area contributed by atoms with Crippen LogP contribution in [0.4, 0.5) is 34.1 Å². The molecule has 0 saturated heterocycles. The first-order chi connectivity index (χ1) is 31.7. The minimum absolute atomic E-state index is 1.01. The number of anilines is 6. The van der Waals surface area contributed by atoms with Crippen LogP contribution in [0.5, 0.6) is 0 Å². The lowest BCUT2D eigenvalue weighted by molar-refractivity contribution is 1.57. The van der Waals surface area contributed by atoms with Gasteiger partial charge in [0.25, 0.3) is 0 Å². The summed E-state index contributed by atoms with van der Waals surface area (Å²) in [6.07, 6.45) is 0. The van der Waals surface area contributed by atoms with E-state index in [1.807, 2.05) is 24.3 Å². The molecule has 6 nitrogen and oxygen atoms in total. The summed E-state index contributed by atoms with van der Waals surface area (Å²) in [6, 6.07) is 85.4. The molecule has 64 heavy (non-hydrogen) atoms. The Balaban J connectivity index is 1.28. The summed E-state index contributed by atoms with van der Waals surface area (Å²) < 4.78 is 0. The van der Waals surface area contributed by atoms with Gasteiger partial charge in [0.15, 0.2) is 16.7 Å². The Kier molecular flexibility index (Phi) is 12.1. The minimum Gasteiger partial charge on any atom is -0.331 e. The fourth-order valence-corrected chi connectivity index (χ4v) is 11.0. The number of fused-ring (bicyclic) bond motifs is 2. The molecule has 0 saturated carbocycles. The van der Waals surface area contributed by atoms with Crippen LogP contribution in [0.2, 0.25) is 0 Å². The molecule has 0 aromatic heterocycles. The Labute approximate surface area is 377 Å². The van der Waals surface area contributed by atoms with Gasteiger partial charge in [0.1, 0.15) is 0 Å². The smallest absolute Gasteiger partial charge is 0.200 e. The van der Waals surface area contributed by atoms with E-state index in [4.69, 9.17) is 0 Å². The third-order valence-corrected chi connectivity index (χ3v) is 13.8. The molecule has 0 unspecified atom stereocenters. The van der Waals surface area contributed by atoms with Gasteiger partial charge in [-0.1, -0.05) is 182 Å². The zero-order chi connectivity index (χ0) is 42.9. The Bertz CT molecular complexity index is 2810. The zero-order valence-corrected chi connectivity index (χ0v) is 36.8. The van der Waals surface area contributed by atoms with Crippen molar-refractivity contribution >= 4 is 72.4 Å². The topological polar surface area (TPSA) is 72.2 Å². The maximum absolute atomic E-state index is 4.18. The van der Waals surface area contributed by atoms with Crippen molar-refractivity contribution in [3.05, 3.63) is 243 Å². The summed E-state index contributed by atoms with van der Waals surface area (Å²) in [5.74, 6) is 0. The molecular formula is C56H46N6P2. The molecule has 6 N–H and O–H groups in total. The van der Waals surface area contributed by atoms with E-state index in [0.717, 1.165) is 89.0 Å². The van der Waals surface area contributed by atoms with Crippen LogP contribution in [0.25, 0.3) is 54.9 Å². The summed E-state index contributed by atoms with van der Waals surface area (Å²) >= 11 is 0. The van der Waals surface area contributed by atoms with Gasteiger partial charge >= 0.3 is 0 Å². The fraction of sp³-hybridized carbons (Fsp3) is 0. The maximum atomic E-state index is 4.18. The number of benzene rings is 10. The van der Waals surface area contributed by atoms with Crippen LogP contribution in [0, 0.1) is 0 Å². The van der Waals surface area contributed by atoms with Gasteiger partial charge < -0.3 is 30.5 Å². The van der Waals surface area contributed by atoms with E-state index in [0.29, 0.717) is 0 Å². The van der Waals surface area contributed by atoms with E-state index in [1.54, 1.807) is 0 Å². The maximum Gasteiger partial charge on any atom is 0.200 e. The fourth-order valence-electron chi connectivity index (χ4n) is 8.10. The Morgan fingerprint density at radius 1 is 0.250 bits per heavy atom. The second-order valence-corrected chi connectivity index (χ2v) is 18.0. The third-order valence-electron chi connectivity index (χ3n) is 11.0. The van der Waals surface area contributed by atoms with Crippen LogP contribution < -0.4 is 30.5 Å². The number of nitrogens with one attached hydrogen (secondary N) is 6. The molecule has 0 fully saturated rings. The number of para-hydroxylation sites is 4. The summed E-state index contributed by atoms with van der Waals surface area (Å²) in [4.78, 5) is 0. The van der Waals surface area contributed by atoms with Crippen LogP contribution in [0.3, 0.4) is 0 Å². The van der Waals surface area contributed by atoms with Gasteiger partial charge in [-0.15, -0.1) is 0 Å². The van der Waals surface area contributed by atoms with Gasteiger partial charge in [-0.3, -0.25) is 0 Å². The van der Waals surface area contributed by atoms with Crippen molar-refractivity contribution in [2.24, 2.45) is 0 Å². The summed E-state index contributed by atoms with van der Waals surface area (Å²) in [7, 11) is -2.67. The van der Waals surface area contributed by atoms with E-state index in [-0.39, 0.29) is 0 Å². The molecule has 8 heteroatoms. The van der Waals surface area contributed by atoms with Gasteiger partial charge in [0, 0.05) is 45.0 Å². The van der Waals surface area contributed by atoms with Crippen LogP contribution in [0.1, 0.15) is 0 Å². The van der Waals surface area contributed by atoms with Crippen LogP contribution in [-0.2, 0) is 0 Å². The molecule has 10 rings (SSSR count). The van der Waals surface area contributed by atoms with Crippen molar-refractivity contribution in [1.82, 2.24) is 0 Å². The van der Waals surface area contributed by atoms with Crippen LogP contribution >= 0.6 is 16.7 Å². The van der Waals surface area contributed by atoms with E-state index in [2.05, 4.69) is 249 Å². The highest BCUT2D eigenvalue weighted by Crippen LogP contribution is 2.55. The second kappa shape index (κ2) is 19.2. The van der Waals surface area contributed by atoms with Crippen molar-refractivity contribution in [2.45, 2.75) is 0 Å². The molecule has 0 radical (unpaired) electrons. The second-order valence-electron chi connectivity index (χ2n) is 15.3. The van der Waals surface area contributed by atoms with E-state index < -0.39 is 16.7 Å². The molecule has 0 heterocycles. The molecule has 0 amide bonds. The lowest BCUT2D eigenvalue weighted by Crippen LogP contribution is -2.12. The van der Waals surface area contributed by atoms with E-state index in [9.17, 15) is 0 Å². The average molecular weight is 865 g/mol. The summed E-state index contributed by atoms with van der Waals surface area (Å²) in [6.45, 7) is 0. The zero-order valence-electron chi connectivity index (χ0n) is 35.0. The molecule has 0 spiro atoms. The Morgan fingerprint density at radius 2 is 0.516 bits per heavy atom. The number of hydrogen-bond acceptors (Lipinski definition) is 6. The van der Waals surface area contributed by atoms with Gasteiger partial charge in [0.2, 0.25) is 0 Å². The van der Waals surface area contributed by atoms with Crippen molar-refractivity contribution in [3.63, 3.8) is 0 Å². The van der Waals surface area contributed by atoms with Gasteiger partial charge in [0.05, 0.1) is 11.4 Å². The minimum atomic E-state index is -1.34. The first-order valence-corrected chi connectivity index (χ1v) is 24.0. The van der Waals surface area contributed by atoms with Crippen molar-refractivity contribution in [1.29, 1.82) is 0 Å². The average Bonchev–Trinajstić information content (AvgIpc) is 3.35. The van der Waals surface area contributed by atoms with Crippen molar-refractivity contribution in [3.8, 4) is 33.4 Å². The first-order valence-electron chi connectivity index (χ1n) is 21.4. The highest BCUT2D eigenvalue weighted by molar-refractivity contribution is 7.62. The molecule has 310 valence electrons. The molecular weight excluding hydrogens is 819 g/mol. The molecule has 0 aliphatic carbocycles. The highest BCUT2D eigenvalue weighted by atomic mass is 31.2. The van der Waals surface area contributed by atoms with E-state index >= 15 is 0 Å². The summed E-state index contributed by atoms with van der Waals surface area (Å²) in [5.41, 5.74) is 12.7. The van der Waals surface area contributed by atoms with Crippen LogP contribution in [0.15, 0.2) is 243 Å². The molecule has 0 aliphatic rings. The SMILES string of the molecule is c1ccc(NP(Nc2ccccc2)Nc2c(-c3ccccc3)cc3ccccc3c2-c2c(NP(Nc3ccccc3)Nc3ccccc3)c(-c3ccccc3)cc3ccccc23)cc1. The lowest BCUT2D eigenvalue weighted by atomic mass is 9.85. The standard InChI is InChI=1S/C56H46N6P2/c1-7-23-41(24-8-1)51-39-43-27-19-21-37-49(43)53(55(51)61-63(57-45-29-11-3-12-30-45)58-46-31-13-4-14-32-46)54-50-38-22-20-28-44(50)40-52(42-25-9-2-10-26-42)56(54)62-64(59-47-33-15-5-16-34-47)60-48-35-17-6-18-36-48/h1-40,57-62H. The normalized spacial score (nSPS) is 11.1. The first kappa shape index (κ1) is 40.5. The van der Waals surface area contributed by atoms with Gasteiger partial charge in [-0.2, -0.15) is 0 Å². The monoisotopic (exact) mass is 864 g/mol.